The highest BCUT2D eigenvalue weighted by molar-refractivity contribution is 5.59. The van der Waals surface area contributed by atoms with Gasteiger partial charge >= 0.3 is 0 Å². The van der Waals surface area contributed by atoms with Crippen LogP contribution in [0, 0.1) is 5.82 Å². The Bertz CT molecular complexity index is 436. The van der Waals surface area contributed by atoms with Gasteiger partial charge in [-0.1, -0.05) is 12.1 Å². The van der Waals surface area contributed by atoms with Crippen molar-refractivity contribution in [3.8, 4) is 11.3 Å². The van der Waals surface area contributed by atoms with Crippen LogP contribution >= 0.6 is 0 Å². The van der Waals surface area contributed by atoms with Crippen molar-refractivity contribution in [1.82, 2.24) is 10.2 Å². The number of nitrogens with one attached hydrogen (secondary N) is 1. The highest BCUT2D eigenvalue weighted by Crippen LogP contribution is 2.18. The molecular formula is C10H10FN3. The van der Waals surface area contributed by atoms with E-state index in [2.05, 4.69) is 10.2 Å². The molecule has 0 aliphatic rings. The molecule has 1 aromatic carbocycles. The fraction of sp³-hybridized carbons (Fsp3) is 0.100. The van der Waals surface area contributed by atoms with Crippen LogP contribution in [0.3, 0.4) is 0 Å². The number of aromatic nitrogens is 2. The SMILES string of the molecule is NCc1cc(-c2cccc(F)c2)n[nH]1. The van der Waals surface area contributed by atoms with Crippen LogP contribution < -0.4 is 5.73 Å². The summed E-state index contributed by atoms with van der Waals surface area (Å²) in [5, 5.41) is 6.80. The first-order chi connectivity index (χ1) is 6.79. The van der Waals surface area contributed by atoms with Gasteiger partial charge in [-0.3, -0.25) is 5.10 Å². The van der Waals surface area contributed by atoms with Gasteiger partial charge in [0.15, 0.2) is 0 Å². The van der Waals surface area contributed by atoms with Crippen molar-refractivity contribution in [1.29, 1.82) is 0 Å². The molecule has 0 saturated carbocycles. The Morgan fingerprint density at radius 2 is 2.21 bits per heavy atom. The molecule has 3 N–H and O–H groups in total. The van der Waals surface area contributed by atoms with Crippen molar-refractivity contribution in [2.75, 3.05) is 0 Å². The molecule has 0 saturated heterocycles. The number of halogens is 1. The van der Waals surface area contributed by atoms with E-state index in [0.29, 0.717) is 12.2 Å². The molecule has 0 radical (unpaired) electrons. The van der Waals surface area contributed by atoms with Crippen LogP contribution in [-0.2, 0) is 6.54 Å². The maximum absolute atomic E-state index is 12.9. The first-order valence-corrected chi connectivity index (χ1v) is 4.30. The first-order valence-electron chi connectivity index (χ1n) is 4.30. The number of nitrogens with zero attached hydrogens (tertiary/aromatic N) is 1. The highest BCUT2D eigenvalue weighted by atomic mass is 19.1. The maximum atomic E-state index is 12.9. The standard InChI is InChI=1S/C10H10FN3/c11-8-3-1-2-7(4-8)10-5-9(6-12)13-14-10/h1-5H,6,12H2,(H,13,14). The van der Waals surface area contributed by atoms with Gasteiger partial charge in [0.1, 0.15) is 5.82 Å². The van der Waals surface area contributed by atoms with E-state index in [1.807, 2.05) is 6.07 Å². The minimum absolute atomic E-state index is 0.264. The van der Waals surface area contributed by atoms with E-state index >= 15 is 0 Å². The summed E-state index contributed by atoms with van der Waals surface area (Å²) in [4.78, 5) is 0. The number of rotatable bonds is 2. The molecule has 0 bridgehead atoms. The molecular weight excluding hydrogens is 181 g/mol. The second-order valence-electron chi connectivity index (χ2n) is 2.99. The minimum Gasteiger partial charge on any atom is -0.325 e. The lowest BCUT2D eigenvalue weighted by molar-refractivity contribution is 0.628. The second-order valence-corrected chi connectivity index (χ2v) is 2.99. The molecule has 4 heteroatoms. The molecule has 0 fully saturated rings. The average Bonchev–Trinajstić information content (AvgIpc) is 2.66. The molecule has 0 atom stereocenters. The molecule has 0 unspecified atom stereocenters. The van der Waals surface area contributed by atoms with Crippen LogP contribution in [0.15, 0.2) is 30.3 Å². The van der Waals surface area contributed by atoms with E-state index < -0.39 is 0 Å². The lowest BCUT2D eigenvalue weighted by atomic mass is 10.1. The average molecular weight is 191 g/mol. The summed E-state index contributed by atoms with van der Waals surface area (Å²) in [5.41, 5.74) is 7.73. The van der Waals surface area contributed by atoms with E-state index in [0.717, 1.165) is 11.3 Å². The van der Waals surface area contributed by atoms with Crippen LogP contribution in [-0.4, -0.2) is 10.2 Å². The van der Waals surface area contributed by atoms with Gasteiger partial charge in [-0.2, -0.15) is 5.10 Å². The summed E-state index contributed by atoms with van der Waals surface area (Å²) in [6, 6.07) is 8.12. The Balaban J connectivity index is 2.39. The summed E-state index contributed by atoms with van der Waals surface area (Å²) < 4.78 is 12.9. The van der Waals surface area contributed by atoms with Crippen molar-refractivity contribution in [2.45, 2.75) is 6.54 Å². The second kappa shape index (κ2) is 3.59. The molecule has 1 heterocycles. The predicted octanol–water partition coefficient (Wildman–Crippen LogP) is 1.67. The third kappa shape index (κ3) is 1.65. The Morgan fingerprint density at radius 1 is 1.36 bits per heavy atom. The third-order valence-corrected chi connectivity index (χ3v) is 1.97. The van der Waals surface area contributed by atoms with E-state index in [4.69, 9.17) is 5.73 Å². The Labute approximate surface area is 80.8 Å². The summed E-state index contributed by atoms with van der Waals surface area (Å²) in [7, 11) is 0. The van der Waals surface area contributed by atoms with Gasteiger partial charge in [-0.05, 0) is 18.2 Å². The maximum Gasteiger partial charge on any atom is 0.123 e. The van der Waals surface area contributed by atoms with Crippen molar-refractivity contribution >= 4 is 0 Å². The van der Waals surface area contributed by atoms with Crippen molar-refractivity contribution in [3.05, 3.63) is 41.8 Å². The molecule has 0 spiro atoms. The molecule has 3 nitrogen and oxygen atoms in total. The minimum atomic E-state index is -0.264. The fourth-order valence-electron chi connectivity index (χ4n) is 1.26. The third-order valence-electron chi connectivity index (χ3n) is 1.97. The van der Waals surface area contributed by atoms with Crippen LogP contribution in [0.2, 0.25) is 0 Å². The first kappa shape index (κ1) is 8.90. The number of nitrogens with two attached hydrogens (primary N) is 1. The van der Waals surface area contributed by atoms with Gasteiger partial charge in [0.25, 0.3) is 0 Å². The molecule has 2 rings (SSSR count). The van der Waals surface area contributed by atoms with Crippen molar-refractivity contribution in [3.63, 3.8) is 0 Å². The van der Waals surface area contributed by atoms with Gasteiger partial charge in [-0.15, -0.1) is 0 Å². The van der Waals surface area contributed by atoms with Gasteiger partial charge in [0.05, 0.1) is 5.69 Å². The number of hydrogen-bond acceptors (Lipinski definition) is 2. The van der Waals surface area contributed by atoms with Gasteiger partial charge in [-0.25, -0.2) is 4.39 Å². The van der Waals surface area contributed by atoms with E-state index in [1.165, 1.54) is 12.1 Å². The van der Waals surface area contributed by atoms with Crippen LogP contribution in [0.4, 0.5) is 4.39 Å². The normalized spacial score (nSPS) is 10.4. The Kier molecular flexibility index (Phi) is 2.28. The van der Waals surface area contributed by atoms with Crippen LogP contribution in [0.25, 0.3) is 11.3 Å². The van der Waals surface area contributed by atoms with E-state index in [-0.39, 0.29) is 5.82 Å². The van der Waals surface area contributed by atoms with Crippen molar-refractivity contribution in [2.24, 2.45) is 5.73 Å². The molecule has 0 aliphatic heterocycles. The zero-order valence-electron chi connectivity index (χ0n) is 7.50. The number of benzene rings is 1. The Hall–Kier alpha value is -1.68. The largest absolute Gasteiger partial charge is 0.325 e. The van der Waals surface area contributed by atoms with E-state index in [1.54, 1.807) is 12.1 Å². The zero-order valence-corrected chi connectivity index (χ0v) is 7.50. The molecule has 0 amide bonds. The summed E-state index contributed by atoms with van der Waals surface area (Å²) in [5.74, 6) is -0.264. The smallest absolute Gasteiger partial charge is 0.123 e. The highest BCUT2D eigenvalue weighted by Gasteiger charge is 2.03. The number of H-pyrrole nitrogens is 1. The summed E-state index contributed by atoms with van der Waals surface area (Å²) >= 11 is 0. The predicted molar refractivity (Wildman–Crippen MR) is 51.9 cm³/mol. The van der Waals surface area contributed by atoms with Gasteiger partial charge in [0, 0.05) is 17.8 Å². The van der Waals surface area contributed by atoms with Gasteiger partial charge in [0.2, 0.25) is 0 Å². The van der Waals surface area contributed by atoms with Crippen molar-refractivity contribution < 1.29 is 4.39 Å². The van der Waals surface area contributed by atoms with E-state index in [9.17, 15) is 4.39 Å². The zero-order chi connectivity index (χ0) is 9.97. The lowest BCUT2D eigenvalue weighted by Gasteiger charge is -1.94. The lowest BCUT2D eigenvalue weighted by Crippen LogP contribution is -1.95. The Morgan fingerprint density at radius 3 is 2.86 bits per heavy atom. The summed E-state index contributed by atoms with van der Waals surface area (Å²) in [6.07, 6.45) is 0. The molecule has 0 aliphatic carbocycles. The molecule has 14 heavy (non-hydrogen) atoms. The summed E-state index contributed by atoms with van der Waals surface area (Å²) in [6.45, 7) is 0.405. The topological polar surface area (TPSA) is 54.7 Å². The molecule has 1 aromatic heterocycles. The van der Waals surface area contributed by atoms with Crippen LogP contribution in [0.1, 0.15) is 5.69 Å². The quantitative estimate of drug-likeness (QED) is 0.758. The van der Waals surface area contributed by atoms with Gasteiger partial charge < -0.3 is 5.73 Å². The van der Waals surface area contributed by atoms with Crippen LogP contribution in [0.5, 0.6) is 0 Å². The number of aromatic amines is 1. The molecule has 2 aromatic rings. The molecule has 72 valence electrons. The monoisotopic (exact) mass is 191 g/mol. The fourth-order valence-corrected chi connectivity index (χ4v) is 1.26. The number of hydrogen-bond donors (Lipinski definition) is 2.